The molecule has 1 aromatic carbocycles. The highest BCUT2D eigenvalue weighted by Gasteiger charge is 2.17. The van der Waals surface area contributed by atoms with Gasteiger partial charge < -0.3 is 15.0 Å². The zero-order valence-electron chi connectivity index (χ0n) is 13.4. The molecule has 5 nitrogen and oxygen atoms in total. The number of halogens is 3. The van der Waals surface area contributed by atoms with Crippen molar-refractivity contribution >= 4 is 53.7 Å². The van der Waals surface area contributed by atoms with Gasteiger partial charge in [0.1, 0.15) is 17.4 Å². The van der Waals surface area contributed by atoms with E-state index < -0.39 is 0 Å². The van der Waals surface area contributed by atoms with Crippen LogP contribution in [-0.4, -0.2) is 42.0 Å². The van der Waals surface area contributed by atoms with Crippen LogP contribution in [-0.2, 0) is 17.8 Å². The molecule has 1 N–H and O–H groups in total. The van der Waals surface area contributed by atoms with Crippen molar-refractivity contribution in [3.8, 4) is 5.75 Å². The SMILES string of the molecule is Cl.Cl.O=C(Cc1csc(COc2ccc(Cl)cc2)n1)N1CCNCC1. The van der Waals surface area contributed by atoms with Crippen LogP contribution in [0.1, 0.15) is 10.7 Å². The van der Waals surface area contributed by atoms with Crippen molar-refractivity contribution in [2.24, 2.45) is 0 Å². The van der Waals surface area contributed by atoms with E-state index in [-0.39, 0.29) is 30.7 Å². The standard InChI is InChI=1S/C16H18ClN3O2S.2ClH/c17-12-1-3-14(4-2-12)22-10-15-19-13(11-23-15)9-16(21)20-7-5-18-6-8-20;;/h1-4,11,18H,5-10H2;2*1H. The molecular formula is C16H20Cl3N3O2S. The fraction of sp³-hybridized carbons (Fsp3) is 0.375. The molecule has 25 heavy (non-hydrogen) atoms. The Morgan fingerprint density at radius 1 is 1.24 bits per heavy atom. The maximum Gasteiger partial charge on any atom is 0.228 e. The largest absolute Gasteiger partial charge is 0.486 e. The normalized spacial score (nSPS) is 13.6. The Balaban J connectivity index is 0.00000156. The van der Waals surface area contributed by atoms with E-state index in [1.807, 2.05) is 22.4 Å². The number of hydrogen-bond acceptors (Lipinski definition) is 5. The Bertz CT molecular complexity index is 661. The van der Waals surface area contributed by atoms with Gasteiger partial charge in [-0.3, -0.25) is 4.79 Å². The summed E-state index contributed by atoms with van der Waals surface area (Å²) in [5.41, 5.74) is 0.813. The Labute approximate surface area is 168 Å². The van der Waals surface area contributed by atoms with E-state index in [9.17, 15) is 4.79 Å². The summed E-state index contributed by atoms with van der Waals surface area (Å²) >= 11 is 7.35. The lowest BCUT2D eigenvalue weighted by Crippen LogP contribution is -2.46. The van der Waals surface area contributed by atoms with Crippen molar-refractivity contribution in [1.29, 1.82) is 0 Å². The minimum Gasteiger partial charge on any atom is -0.486 e. The lowest BCUT2D eigenvalue weighted by atomic mass is 10.2. The van der Waals surface area contributed by atoms with E-state index >= 15 is 0 Å². The number of thiazole rings is 1. The van der Waals surface area contributed by atoms with Crippen molar-refractivity contribution in [3.05, 3.63) is 45.4 Å². The minimum atomic E-state index is 0. The number of nitrogens with zero attached hydrogens (tertiary/aromatic N) is 2. The summed E-state index contributed by atoms with van der Waals surface area (Å²) in [5.74, 6) is 0.894. The molecule has 1 fully saturated rings. The fourth-order valence-corrected chi connectivity index (χ4v) is 3.18. The first kappa shape index (κ1) is 22.0. The molecule has 0 bridgehead atoms. The first-order chi connectivity index (χ1) is 11.2. The molecule has 2 heterocycles. The van der Waals surface area contributed by atoms with E-state index in [2.05, 4.69) is 10.3 Å². The second-order valence-corrected chi connectivity index (χ2v) is 6.66. The van der Waals surface area contributed by atoms with Crippen LogP contribution in [0, 0.1) is 0 Å². The number of aromatic nitrogens is 1. The Morgan fingerprint density at radius 2 is 1.92 bits per heavy atom. The third-order valence-corrected chi connectivity index (χ3v) is 4.70. The summed E-state index contributed by atoms with van der Waals surface area (Å²) in [6.45, 7) is 3.67. The van der Waals surface area contributed by atoms with E-state index in [1.165, 1.54) is 11.3 Å². The van der Waals surface area contributed by atoms with Crippen molar-refractivity contribution < 1.29 is 9.53 Å². The number of benzene rings is 1. The maximum absolute atomic E-state index is 12.2. The molecule has 2 aromatic rings. The predicted molar refractivity (Wildman–Crippen MR) is 106 cm³/mol. The lowest BCUT2D eigenvalue weighted by molar-refractivity contribution is -0.131. The van der Waals surface area contributed by atoms with Crippen LogP contribution in [0.5, 0.6) is 5.75 Å². The molecular weight excluding hydrogens is 405 g/mol. The summed E-state index contributed by atoms with van der Waals surface area (Å²) in [7, 11) is 0. The van der Waals surface area contributed by atoms with Gasteiger partial charge in [-0.25, -0.2) is 4.98 Å². The van der Waals surface area contributed by atoms with Crippen LogP contribution in [0.3, 0.4) is 0 Å². The second-order valence-electron chi connectivity index (χ2n) is 5.28. The van der Waals surface area contributed by atoms with Gasteiger partial charge in [-0.15, -0.1) is 36.2 Å². The summed E-state index contributed by atoms with van der Waals surface area (Å²) in [5, 5.41) is 6.72. The number of ether oxygens (including phenoxy) is 1. The van der Waals surface area contributed by atoms with Gasteiger partial charge in [0.2, 0.25) is 5.91 Å². The Kier molecular flexibility index (Phi) is 9.53. The average Bonchev–Trinajstić information content (AvgIpc) is 3.02. The predicted octanol–water partition coefficient (Wildman–Crippen LogP) is 3.19. The quantitative estimate of drug-likeness (QED) is 0.801. The summed E-state index contributed by atoms with van der Waals surface area (Å²) in [4.78, 5) is 18.6. The highest BCUT2D eigenvalue weighted by Crippen LogP contribution is 2.18. The first-order valence-electron chi connectivity index (χ1n) is 7.51. The number of hydrogen-bond donors (Lipinski definition) is 1. The van der Waals surface area contributed by atoms with Crippen molar-refractivity contribution in [2.45, 2.75) is 13.0 Å². The van der Waals surface area contributed by atoms with Gasteiger partial charge in [-0.1, -0.05) is 11.6 Å². The van der Waals surface area contributed by atoms with Gasteiger partial charge in [0.25, 0.3) is 0 Å². The number of nitrogens with one attached hydrogen (secondary N) is 1. The monoisotopic (exact) mass is 423 g/mol. The number of piperazine rings is 1. The number of amides is 1. The van der Waals surface area contributed by atoms with Gasteiger partial charge >= 0.3 is 0 Å². The molecule has 0 spiro atoms. The van der Waals surface area contributed by atoms with Crippen LogP contribution in [0.2, 0.25) is 5.02 Å². The molecule has 1 saturated heterocycles. The van der Waals surface area contributed by atoms with Crippen LogP contribution in [0.4, 0.5) is 0 Å². The average molecular weight is 425 g/mol. The van der Waals surface area contributed by atoms with E-state index in [1.54, 1.807) is 12.1 Å². The molecule has 138 valence electrons. The van der Waals surface area contributed by atoms with E-state index in [0.29, 0.717) is 18.1 Å². The van der Waals surface area contributed by atoms with Crippen LogP contribution in [0.25, 0.3) is 0 Å². The summed E-state index contributed by atoms with van der Waals surface area (Å²) in [6.07, 6.45) is 0.359. The van der Waals surface area contributed by atoms with Crippen molar-refractivity contribution in [3.63, 3.8) is 0 Å². The molecule has 0 atom stereocenters. The molecule has 1 aliphatic heterocycles. The number of rotatable bonds is 5. The minimum absolute atomic E-state index is 0. The highest BCUT2D eigenvalue weighted by molar-refractivity contribution is 7.09. The molecule has 1 amide bonds. The smallest absolute Gasteiger partial charge is 0.228 e. The second kappa shape index (κ2) is 10.8. The zero-order chi connectivity index (χ0) is 16.1. The molecule has 0 saturated carbocycles. The molecule has 1 aromatic heterocycles. The number of carbonyl (C=O) groups is 1. The van der Waals surface area contributed by atoms with Gasteiger partial charge in [0.15, 0.2) is 0 Å². The summed E-state index contributed by atoms with van der Waals surface area (Å²) in [6, 6.07) is 7.22. The molecule has 0 aliphatic carbocycles. The van der Waals surface area contributed by atoms with Crippen molar-refractivity contribution in [2.75, 3.05) is 26.2 Å². The zero-order valence-corrected chi connectivity index (χ0v) is 16.6. The van der Waals surface area contributed by atoms with E-state index in [4.69, 9.17) is 16.3 Å². The van der Waals surface area contributed by atoms with E-state index in [0.717, 1.165) is 42.6 Å². The topological polar surface area (TPSA) is 54.5 Å². The van der Waals surface area contributed by atoms with Gasteiger partial charge in [-0.05, 0) is 24.3 Å². The fourth-order valence-electron chi connectivity index (χ4n) is 2.35. The van der Waals surface area contributed by atoms with Crippen LogP contribution >= 0.6 is 47.8 Å². The molecule has 0 unspecified atom stereocenters. The maximum atomic E-state index is 12.2. The highest BCUT2D eigenvalue weighted by atomic mass is 35.5. The van der Waals surface area contributed by atoms with Crippen LogP contribution < -0.4 is 10.1 Å². The lowest BCUT2D eigenvalue weighted by Gasteiger charge is -2.27. The molecule has 9 heteroatoms. The van der Waals surface area contributed by atoms with Gasteiger partial charge in [0.05, 0.1) is 12.1 Å². The summed E-state index contributed by atoms with van der Waals surface area (Å²) < 4.78 is 5.67. The molecule has 0 radical (unpaired) electrons. The van der Waals surface area contributed by atoms with Crippen molar-refractivity contribution in [1.82, 2.24) is 15.2 Å². The first-order valence-corrected chi connectivity index (χ1v) is 8.76. The molecule has 1 aliphatic rings. The molecule has 3 rings (SSSR count). The Morgan fingerprint density at radius 3 is 2.60 bits per heavy atom. The van der Waals surface area contributed by atoms with Crippen LogP contribution in [0.15, 0.2) is 29.6 Å². The third kappa shape index (κ3) is 6.64. The third-order valence-electron chi connectivity index (χ3n) is 3.58. The van der Waals surface area contributed by atoms with Gasteiger partial charge in [-0.2, -0.15) is 0 Å². The Hall–Kier alpha value is -1.05. The van der Waals surface area contributed by atoms with Gasteiger partial charge in [0, 0.05) is 36.6 Å². The number of carbonyl (C=O) groups excluding carboxylic acids is 1.